The molecule has 0 aliphatic rings. The number of aryl methyl sites for hydroxylation is 1. The minimum atomic E-state index is 0.264. The number of imidazole rings is 1. The van der Waals surface area contributed by atoms with E-state index < -0.39 is 0 Å². The Morgan fingerprint density at radius 2 is 2.07 bits per heavy atom. The van der Waals surface area contributed by atoms with Gasteiger partial charge in [-0.25, -0.2) is 4.98 Å². The third-order valence-electron chi connectivity index (χ3n) is 2.26. The first kappa shape index (κ1) is 9.21. The van der Waals surface area contributed by atoms with E-state index in [9.17, 15) is 0 Å². The predicted octanol–water partition coefficient (Wildman–Crippen LogP) is 1.88. The van der Waals surface area contributed by atoms with Crippen LogP contribution in [0.25, 0.3) is 11.0 Å². The third kappa shape index (κ3) is 1.93. The van der Waals surface area contributed by atoms with Crippen molar-refractivity contribution in [2.24, 2.45) is 0 Å². The molecule has 0 aliphatic carbocycles. The highest BCUT2D eigenvalue weighted by molar-refractivity contribution is 5.74. The van der Waals surface area contributed by atoms with E-state index in [1.54, 1.807) is 0 Å². The van der Waals surface area contributed by atoms with Gasteiger partial charge < -0.3 is 10.1 Å². The molecule has 0 aliphatic heterocycles. The molecular weight excluding hydrogens is 176 g/mol. The number of benzene rings is 1. The Morgan fingerprint density at radius 3 is 2.86 bits per heavy atom. The van der Waals surface area contributed by atoms with Gasteiger partial charge in [-0.3, -0.25) is 0 Å². The highest BCUT2D eigenvalue weighted by atomic mass is 16.2. The molecule has 0 bridgehead atoms. The van der Waals surface area contributed by atoms with Crippen molar-refractivity contribution in [3.63, 3.8) is 0 Å². The predicted molar refractivity (Wildman–Crippen MR) is 56.1 cm³/mol. The van der Waals surface area contributed by atoms with Crippen molar-refractivity contribution in [1.29, 1.82) is 0 Å². The summed E-state index contributed by atoms with van der Waals surface area (Å²) in [6.45, 7) is 0.264. The molecular formula is C11H14N2O. The number of nitrogens with zero attached hydrogens (tertiary/aromatic N) is 1. The number of aliphatic hydroxyl groups is 1. The Balaban J connectivity index is 2.11. The van der Waals surface area contributed by atoms with Crippen LogP contribution in [0.15, 0.2) is 24.3 Å². The summed E-state index contributed by atoms with van der Waals surface area (Å²) in [7, 11) is 0. The molecule has 14 heavy (non-hydrogen) atoms. The Labute approximate surface area is 82.8 Å². The van der Waals surface area contributed by atoms with E-state index in [1.165, 1.54) is 0 Å². The summed E-state index contributed by atoms with van der Waals surface area (Å²) < 4.78 is 0. The van der Waals surface area contributed by atoms with E-state index in [0.29, 0.717) is 0 Å². The van der Waals surface area contributed by atoms with Crippen LogP contribution in [0.2, 0.25) is 0 Å². The van der Waals surface area contributed by atoms with Crippen molar-refractivity contribution >= 4 is 11.0 Å². The molecule has 1 heterocycles. The van der Waals surface area contributed by atoms with Gasteiger partial charge in [0.05, 0.1) is 11.0 Å². The number of nitrogens with one attached hydrogen (secondary N) is 1. The number of aromatic nitrogens is 2. The molecule has 2 aromatic rings. The van der Waals surface area contributed by atoms with E-state index in [-0.39, 0.29) is 6.61 Å². The highest BCUT2D eigenvalue weighted by Gasteiger charge is 2.00. The van der Waals surface area contributed by atoms with Crippen LogP contribution in [0.5, 0.6) is 0 Å². The van der Waals surface area contributed by atoms with Crippen molar-refractivity contribution < 1.29 is 5.11 Å². The van der Waals surface area contributed by atoms with Crippen molar-refractivity contribution in [3.05, 3.63) is 30.1 Å². The lowest BCUT2D eigenvalue weighted by molar-refractivity contribution is 0.284. The molecule has 2 N–H and O–H groups in total. The quantitative estimate of drug-likeness (QED) is 0.723. The summed E-state index contributed by atoms with van der Waals surface area (Å²) in [5.41, 5.74) is 2.11. The largest absolute Gasteiger partial charge is 0.396 e. The smallest absolute Gasteiger partial charge is 0.107 e. The second-order valence-corrected chi connectivity index (χ2v) is 3.38. The first-order chi connectivity index (χ1) is 6.90. The Morgan fingerprint density at radius 1 is 1.21 bits per heavy atom. The van der Waals surface area contributed by atoms with Gasteiger partial charge in [-0.15, -0.1) is 0 Å². The lowest BCUT2D eigenvalue weighted by atomic mass is 10.2. The molecule has 0 unspecified atom stereocenters. The summed E-state index contributed by atoms with van der Waals surface area (Å²) in [6, 6.07) is 8.01. The van der Waals surface area contributed by atoms with Gasteiger partial charge >= 0.3 is 0 Å². The van der Waals surface area contributed by atoms with Crippen LogP contribution >= 0.6 is 0 Å². The van der Waals surface area contributed by atoms with Crippen molar-refractivity contribution in [2.75, 3.05) is 6.61 Å². The van der Waals surface area contributed by atoms with Crippen molar-refractivity contribution in [3.8, 4) is 0 Å². The van der Waals surface area contributed by atoms with Crippen LogP contribution in [0.3, 0.4) is 0 Å². The fourth-order valence-corrected chi connectivity index (χ4v) is 1.53. The van der Waals surface area contributed by atoms with Gasteiger partial charge in [-0.05, 0) is 25.0 Å². The average molecular weight is 190 g/mol. The SMILES string of the molecule is OCCCCc1nc2ccccc2[nH]1. The monoisotopic (exact) mass is 190 g/mol. The second-order valence-electron chi connectivity index (χ2n) is 3.38. The molecule has 0 atom stereocenters. The number of aromatic amines is 1. The van der Waals surface area contributed by atoms with E-state index in [2.05, 4.69) is 9.97 Å². The summed E-state index contributed by atoms with van der Waals surface area (Å²) in [6.07, 6.45) is 2.74. The third-order valence-corrected chi connectivity index (χ3v) is 2.26. The molecule has 0 amide bonds. The number of rotatable bonds is 4. The highest BCUT2D eigenvalue weighted by Crippen LogP contribution is 2.11. The molecule has 1 aromatic heterocycles. The standard InChI is InChI=1S/C11H14N2O/c14-8-4-3-7-11-12-9-5-1-2-6-10(9)13-11/h1-2,5-6,14H,3-4,7-8H2,(H,12,13). The van der Waals surface area contributed by atoms with Gasteiger partial charge in [0, 0.05) is 13.0 Å². The molecule has 3 nitrogen and oxygen atoms in total. The minimum absolute atomic E-state index is 0.264. The number of aliphatic hydroxyl groups excluding tert-OH is 1. The van der Waals surface area contributed by atoms with E-state index >= 15 is 0 Å². The fourth-order valence-electron chi connectivity index (χ4n) is 1.53. The lowest BCUT2D eigenvalue weighted by Gasteiger charge is -1.93. The topological polar surface area (TPSA) is 48.9 Å². The molecule has 3 heteroatoms. The van der Waals surface area contributed by atoms with Crippen LogP contribution < -0.4 is 0 Å². The first-order valence-electron chi connectivity index (χ1n) is 4.94. The molecule has 2 rings (SSSR count). The normalized spacial score (nSPS) is 10.9. The van der Waals surface area contributed by atoms with Crippen molar-refractivity contribution in [2.45, 2.75) is 19.3 Å². The molecule has 0 saturated carbocycles. The van der Waals surface area contributed by atoms with Crippen molar-refractivity contribution in [1.82, 2.24) is 9.97 Å². The molecule has 1 aromatic carbocycles. The summed E-state index contributed by atoms with van der Waals surface area (Å²) >= 11 is 0. The zero-order valence-corrected chi connectivity index (χ0v) is 8.03. The lowest BCUT2D eigenvalue weighted by Crippen LogP contribution is -1.90. The van der Waals surface area contributed by atoms with E-state index in [4.69, 9.17) is 5.11 Å². The van der Waals surface area contributed by atoms with Gasteiger partial charge in [0.25, 0.3) is 0 Å². The molecule has 0 spiro atoms. The number of para-hydroxylation sites is 2. The van der Waals surface area contributed by atoms with Gasteiger partial charge in [0.2, 0.25) is 0 Å². The van der Waals surface area contributed by atoms with Gasteiger partial charge in [0.15, 0.2) is 0 Å². The van der Waals surface area contributed by atoms with Crippen LogP contribution in [0, 0.1) is 0 Å². The zero-order valence-electron chi connectivity index (χ0n) is 8.03. The van der Waals surface area contributed by atoms with Crippen LogP contribution in [-0.4, -0.2) is 21.7 Å². The zero-order chi connectivity index (χ0) is 9.80. The summed E-state index contributed by atoms with van der Waals surface area (Å²) in [5.74, 6) is 1.01. The van der Waals surface area contributed by atoms with Crippen LogP contribution in [-0.2, 0) is 6.42 Å². The summed E-state index contributed by atoms with van der Waals surface area (Å²) in [4.78, 5) is 7.71. The minimum Gasteiger partial charge on any atom is -0.396 e. The maximum absolute atomic E-state index is 8.65. The maximum Gasteiger partial charge on any atom is 0.107 e. The average Bonchev–Trinajstić information content (AvgIpc) is 2.60. The maximum atomic E-state index is 8.65. The second kappa shape index (κ2) is 4.24. The van der Waals surface area contributed by atoms with Crippen LogP contribution in [0.4, 0.5) is 0 Å². The molecule has 0 saturated heterocycles. The number of fused-ring (bicyclic) bond motifs is 1. The van der Waals surface area contributed by atoms with Gasteiger partial charge in [0.1, 0.15) is 5.82 Å². The molecule has 0 fully saturated rings. The number of unbranched alkanes of at least 4 members (excludes halogenated alkanes) is 1. The molecule has 0 radical (unpaired) electrons. The molecule has 74 valence electrons. The van der Waals surface area contributed by atoms with Gasteiger partial charge in [-0.1, -0.05) is 12.1 Å². The van der Waals surface area contributed by atoms with Crippen LogP contribution in [0.1, 0.15) is 18.7 Å². The Hall–Kier alpha value is -1.35. The van der Waals surface area contributed by atoms with E-state index in [1.807, 2.05) is 24.3 Å². The van der Waals surface area contributed by atoms with E-state index in [0.717, 1.165) is 36.1 Å². The summed E-state index contributed by atoms with van der Waals surface area (Å²) in [5, 5.41) is 8.65. The Kier molecular flexibility index (Phi) is 2.79. The number of hydrogen-bond donors (Lipinski definition) is 2. The fraction of sp³-hybridized carbons (Fsp3) is 0.364. The number of hydrogen-bond acceptors (Lipinski definition) is 2. The number of H-pyrrole nitrogens is 1. The van der Waals surface area contributed by atoms with Gasteiger partial charge in [-0.2, -0.15) is 0 Å². The Bertz CT molecular complexity index is 375. The first-order valence-corrected chi connectivity index (χ1v) is 4.94.